The number of benzene rings is 1. The molecule has 0 aliphatic heterocycles. The van der Waals surface area contributed by atoms with Crippen LogP contribution in [0.1, 0.15) is 33.8 Å². The summed E-state index contributed by atoms with van der Waals surface area (Å²) < 4.78 is 23.0. The van der Waals surface area contributed by atoms with Crippen LogP contribution in [-0.4, -0.2) is 24.9 Å². The maximum atomic E-state index is 11.5. The lowest BCUT2D eigenvalue weighted by molar-refractivity contribution is 0.591. The molecule has 2 rings (SSSR count). The number of nitrogens with zero attached hydrogens (tertiary/aromatic N) is 2. The molecule has 5 nitrogen and oxygen atoms in total. The highest BCUT2D eigenvalue weighted by Gasteiger charge is 2.23. The third kappa shape index (κ3) is 3.17. The van der Waals surface area contributed by atoms with Crippen LogP contribution in [-0.2, 0) is 9.84 Å². The van der Waals surface area contributed by atoms with Crippen molar-refractivity contribution < 1.29 is 8.42 Å². The van der Waals surface area contributed by atoms with Gasteiger partial charge in [-0.25, -0.2) is 8.42 Å². The van der Waals surface area contributed by atoms with Gasteiger partial charge in [-0.15, -0.1) is 10.2 Å². The fraction of sp³-hybridized carbons (Fsp3) is 0.333. The van der Waals surface area contributed by atoms with Gasteiger partial charge in [-0.3, -0.25) is 0 Å². The molecule has 19 heavy (non-hydrogen) atoms. The van der Waals surface area contributed by atoms with Crippen LogP contribution in [0.4, 0.5) is 0 Å². The van der Waals surface area contributed by atoms with Crippen molar-refractivity contribution in [3.63, 3.8) is 0 Å². The fourth-order valence-corrected chi connectivity index (χ4v) is 3.41. The van der Waals surface area contributed by atoms with Gasteiger partial charge in [0.25, 0.3) is 0 Å². The lowest BCUT2D eigenvalue weighted by Crippen LogP contribution is -2.11. The van der Waals surface area contributed by atoms with Crippen molar-refractivity contribution in [2.75, 3.05) is 6.26 Å². The summed E-state index contributed by atoms with van der Waals surface area (Å²) in [4.78, 5) is 0. The Kier molecular flexibility index (Phi) is 3.98. The molecular weight excluding hydrogens is 282 g/mol. The van der Waals surface area contributed by atoms with Crippen molar-refractivity contribution in [2.45, 2.75) is 18.2 Å². The molecule has 0 saturated carbocycles. The fourth-order valence-electron chi connectivity index (χ4n) is 1.52. The predicted molar refractivity (Wildman–Crippen MR) is 75.6 cm³/mol. The van der Waals surface area contributed by atoms with E-state index in [1.165, 1.54) is 17.6 Å². The van der Waals surface area contributed by atoms with Crippen molar-refractivity contribution in [1.29, 1.82) is 0 Å². The number of sulfone groups is 1. The van der Waals surface area contributed by atoms with Crippen LogP contribution in [0.25, 0.3) is 0 Å². The summed E-state index contributed by atoms with van der Waals surface area (Å²) in [7, 11) is -3.17. The standard InChI is InChI=1S/C12H15N3O2S2/c1-8(19(2,16)17)11-14-15-12(18-11)10(13)9-6-4-3-5-7-9/h3-8,10H,13H2,1-2H3. The molecule has 1 aromatic carbocycles. The average Bonchev–Trinajstić information content (AvgIpc) is 2.86. The second-order valence-corrected chi connectivity index (χ2v) is 7.75. The quantitative estimate of drug-likeness (QED) is 0.928. The molecular formula is C12H15N3O2S2. The van der Waals surface area contributed by atoms with Gasteiger partial charge in [-0.1, -0.05) is 41.7 Å². The molecule has 1 aromatic heterocycles. The molecule has 0 amide bonds. The Bertz CT molecular complexity index is 653. The number of hydrogen-bond acceptors (Lipinski definition) is 6. The second kappa shape index (κ2) is 5.36. The molecule has 2 aromatic rings. The largest absolute Gasteiger partial charge is 0.318 e. The normalized spacial score (nSPS) is 15.1. The lowest BCUT2D eigenvalue weighted by atomic mass is 10.1. The monoisotopic (exact) mass is 297 g/mol. The molecule has 0 spiro atoms. The van der Waals surface area contributed by atoms with Crippen molar-refractivity contribution in [1.82, 2.24) is 10.2 Å². The topological polar surface area (TPSA) is 85.9 Å². The summed E-state index contributed by atoms with van der Waals surface area (Å²) in [5.41, 5.74) is 7.03. The zero-order valence-electron chi connectivity index (χ0n) is 10.6. The van der Waals surface area contributed by atoms with E-state index in [2.05, 4.69) is 10.2 Å². The molecule has 0 saturated heterocycles. The van der Waals surface area contributed by atoms with E-state index in [4.69, 9.17) is 5.73 Å². The van der Waals surface area contributed by atoms with Gasteiger partial charge in [0.2, 0.25) is 0 Å². The highest BCUT2D eigenvalue weighted by atomic mass is 32.2. The number of aromatic nitrogens is 2. The summed E-state index contributed by atoms with van der Waals surface area (Å²) in [6, 6.07) is 9.15. The van der Waals surface area contributed by atoms with E-state index in [0.717, 1.165) is 5.56 Å². The van der Waals surface area contributed by atoms with Crippen LogP contribution in [0.5, 0.6) is 0 Å². The van der Waals surface area contributed by atoms with Crippen molar-refractivity contribution in [2.24, 2.45) is 5.73 Å². The molecule has 0 aliphatic carbocycles. The van der Waals surface area contributed by atoms with E-state index >= 15 is 0 Å². The molecule has 2 unspecified atom stereocenters. The van der Waals surface area contributed by atoms with Crippen LogP contribution in [0.2, 0.25) is 0 Å². The van der Waals surface area contributed by atoms with Gasteiger partial charge in [0.1, 0.15) is 15.3 Å². The summed E-state index contributed by atoms with van der Waals surface area (Å²) in [5.74, 6) is 0. The second-order valence-electron chi connectivity index (χ2n) is 4.34. The lowest BCUT2D eigenvalue weighted by Gasteiger charge is -2.07. The first kappa shape index (κ1) is 14.1. The van der Waals surface area contributed by atoms with Crippen LogP contribution in [0, 0.1) is 0 Å². The maximum absolute atomic E-state index is 11.5. The van der Waals surface area contributed by atoms with Gasteiger partial charge < -0.3 is 5.73 Å². The minimum Gasteiger partial charge on any atom is -0.318 e. The van der Waals surface area contributed by atoms with E-state index in [9.17, 15) is 8.42 Å². The van der Waals surface area contributed by atoms with Gasteiger partial charge in [0.05, 0.1) is 6.04 Å². The van der Waals surface area contributed by atoms with E-state index < -0.39 is 15.1 Å². The molecule has 0 aliphatic rings. The maximum Gasteiger partial charge on any atom is 0.156 e. The molecule has 2 N–H and O–H groups in total. The third-order valence-corrected chi connectivity index (χ3v) is 5.72. The van der Waals surface area contributed by atoms with Gasteiger partial charge in [0, 0.05) is 6.26 Å². The summed E-state index contributed by atoms with van der Waals surface area (Å²) in [5, 5.41) is 8.39. The molecule has 0 radical (unpaired) electrons. The Morgan fingerprint density at radius 1 is 1.16 bits per heavy atom. The molecule has 7 heteroatoms. The summed E-state index contributed by atoms with van der Waals surface area (Å²) in [6.07, 6.45) is 1.19. The molecule has 2 atom stereocenters. The Hall–Kier alpha value is -1.31. The highest BCUT2D eigenvalue weighted by molar-refractivity contribution is 7.91. The van der Waals surface area contributed by atoms with Crippen LogP contribution < -0.4 is 5.73 Å². The van der Waals surface area contributed by atoms with E-state index in [1.54, 1.807) is 6.92 Å². The van der Waals surface area contributed by atoms with Crippen LogP contribution in [0.15, 0.2) is 30.3 Å². The highest BCUT2D eigenvalue weighted by Crippen LogP contribution is 2.28. The van der Waals surface area contributed by atoms with Gasteiger partial charge >= 0.3 is 0 Å². The zero-order valence-corrected chi connectivity index (χ0v) is 12.3. The Balaban J connectivity index is 2.27. The first-order valence-electron chi connectivity index (χ1n) is 5.72. The predicted octanol–water partition coefficient (Wildman–Crippen LogP) is 1.69. The smallest absolute Gasteiger partial charge is 0.156 e. The minimum absolute atomic E-state index is 0.376. The zero-order chi connectivity index (χ0) is 14.0. The first-order valence-corrected chi connectivity index (χ1v) is 8.49. The van der Waals surface area contributed by atoms with Crippen molar-refractivity contribution >= 4 is 21.2 Å². The summed E-state index contributed by atoms with van der Waals surface area (Å²) in [6.45, 7) is 1.60. The Morgan fingerprint density at radius 3 is 2.32 bits per heavy atom. The van der Waals surface area contributed by atoms with E-state index in [-0.39, 0.29) is 6.04 Å². The third-order valence-electron chi connectivity index (χ3n) is 2.87. The minimum atomic E-state index is -3.17. The molecule has 0 fully saturated rings. The first-order chi connectivity index (χ1) is 8.89. The van der Waals surface area contributed by atoms with Gasteiger partial charge in [-0.2, -0.15) is 0 Å². The van der Waals surface area contributed by atoms with E-state index in [0.29, 0.717) is 10.0 Å². The molecule has 0 bridgehead atoms. The number of rotatable bonds is 4. The molecule has 1 heterocycles. The van der Waals surface area contributed by atoms with E-state index in [1.807, 2.05) is 30.3 Å². The summed E-state index contributed by atoms with van der Waals surface area (Å²) >= 11 is 1.24. The van der Waals surface area contributed by atoms with Crippen molar-refractivity contribution in [3.8, 4) is 0 Å². The average molecular weight is 297 g/mol. The Morgan fingerprint density at radius 2 is 1.74 bits per heavy atom. The van der Waals surface area contributed by atoms with Gasteiger partial charge in [0.15, 0.2) is 9.84 Å². The van der Waals surface area contributed by atoms with Crippen LogP contribution in [0.3, 0.4) is 0 Å². The Labute approximate surface area is 116 Å². The SMILES string of the molecule is CC(c1nnc(C(N)c2ccccc2)s1)S(C)(=O)=O. The molecule has 102 valence electrons. The number of hydrogen-bond donors (Lipinski definition) is 1. The number of nitrogens with two attached hydrogens (primary N) is 1. The van der Waals surface area contributed by atoms with Gasteiger partial charge in [-0.05, 0) is 12.5 Å². The van der Waals surface area contributed by atoms with Crippen molar-refractivity contribution in [3.05, 3.63) is 45.9 Å². The van der Waals surface area contributed by atoms with Crippen LogP contribution >= 0.6 is 11.3 Å².